The van der Waals surface area contributed by atoms with Crippen LogP contribution in [-0.4, -0.2) is 47.2 Å². The minimum Gasteiger partial charge on any atom is -0.492 e. The molecule has 2 aromatic rings. The minimum atomic E-state index is 0.0130. The first kappa shape index (κ1) is 20.2. The Morgan fingerprint density at radius 2 is 2.07 bits per heavy atom. The molecule has 1 aliphatic heterocycles. The molecule has 1 amide bonds. The maximum Gasteiger partial charge on any atom is 0.225 e. The van der Waals surface area contributed by atoms with Crippen molar-refractivity contribution >= 4 is 23.3 Å². The van der Waals surface area contributed by atoms with Crippen LogP contribution >= 0.6 is 11.6 Å². The summed E-state index contributed by atoms with van der Waals surface area (Å²) in [7, 11) is 0. The zero-order chi connectivity index (χ0) is 20.1. The molecular formula is C22H29ClN4O2. The van der Waals surface area contributed by atoms with Crippen LogP contribution in [0.4, 0.5) is 5.82 Å². The van der Waals surface area contributed by atoms with Gasteiger partial charge in [-0.3, -0.25) is 9.89 Å². The summed E-state index contributed by atoms with van der Waals surface area (Å²) < 4.78 is 5.77. The highest BCUT2D eigenvalue weighted by molar-refractivity contribution is 6.32. The summed E-state index contributed by atoms with van der Waals surface area (Å²) in [5.41, 5.74) is 1.62. The molecule has 7 heteroatoms. The minimum absolute atomic E-state index is 0.0130. The smallest absolute Gasteiger partial charge is 0.225 e. The van der Waals surface area contributed by atoms with Gasteiger partial charge in [0.05, 0.1) is 17.3 Å². The van der Waals surface area contributed by atoms with Gasteiger partial charge in [0.2, 0.25) is 5.91 Å². The van der Waals surface area contributed by atoms with E-state index in [9.17, 15) is 4.79 Å². The number of anilines is 1. The highest BCUT2D eigenvalue weighted by Crippen LogP contribution is 2.33. The molecule has 2 N–H and O–H groups in total. The Labute approximate surface area is 177 Å². The third kappa shape index (κ3) is 5.97. The van der Waals surface area contributed by atoms with E-state index in [1.165, 1.54) is 45.2 Å². The van der Waals surface area contributed by atoms with Gasteiger partial charge in [0.15, 0.2) is 0 Å². The monoisotopic (exact) mass is 416 g/mol. The molecule has 2 heterocycles. The molecule has 0 bridgehead atoms. The highest BCUT2D eigenvalue weighted by atomic mass is 35.5. The fourth-order valence-electron chi connectivity index (χ4n) is 3.66. The van der Waals surface area contributed by atoms with E-state index in [1.54, 1.807) is 0 Å². The summed E-state index contributed by atoms with van der Waals surface area (Å²) in [6, 6.07) is 7.51. The Bertz CT molecular complexity index is 828. The van der Waals surface area contributed by atoms with Gasteiger partial charge in [-0.1, -0.05) is 18.0 Å². The maximum atomic E-state index is 12.2. The summed E-state index contributed by atoms with van der Waals surface area (Å²) in [5, 5.41) is 10.7. The van der Waals surface area contributed by atoms with E-state index in [4.69, 9.17) is 16.3 Å². The van der Waals surface area contributed by atoms with Gasteiger partial charge in [-0.15, -0.1) is 0 Å². The third-order valence-electron chi connectivity index (χ3n) is 5.58. The average molecular weight is 417 g/mol. The summed E-state index contributed by atoms with van der Waals surface area (Å²) in [4.78, 5) is 14.7. The van der Waals surface area contributed by atoms with Gasteiger partial charge in [-0.25, -0.2) is 0 Å². The lowest BCUT2D eigenvalue weighted by molar-refractivity contribution is -0.116. The Balaban J connectivity index is 1.26. The maximum absolute atomic E-state index is 12.2. The molecule has 1 aliphatic carbocycles. The summed E-state index contributed by atoms with van der Waals surface area (Å²) in [6.07, 6.45) is 7.78. The van der Waals surface area contributed by atoms with Crippen LogP contribution in [0.25, 0.3) is 11.3 Å². The topological polar surface area (TPSA) is 70.2 Å². The van der Waals surface area contributed by atoms with Crippen molar-refractivity contribution in [2.45, 2.75) is 44.9 Å². The number of hydrogen-bond donors (Lipinski definition) is 2. The number of nitrogens with zero attached hydrogens (tertiary/aromatic N) is 2. The lowest BCUT2D eigenvalue weighted by Crippen LogP contribution is -2.31. The molecule has 2 aliphatic rings. The summed E-state index contributed by atoms with van der Waals surface area (Å²) in [6.45, 7) is 4.06. The predicted octanol–water partition coefficient (Wildman–Crippen LogP) is 4.72. The van der Waals surface area contributed by atoms with Crippen LogP contribution in [0.5, 0.6) is 5.75 Å². The largest absolute Gasteiger partial charge is 0.492 e. The van der Waals surface area contributed by atoms with Crippen molar-refractivity contribution in [3.8, 4) is 17.0 Å². The molecule has 0 radical (unpaired) electrons. The number of rotatable bonds is 9. The molecule has 1 saturated carbocycles. The number of amides is 1. The molecule has 29 heavy (non-hydrogen) atoms. The van der Waals surface area contributed by atoms with Crippen molar-refractivity contribution in [3.05, 3.63) is 29.3 Å². The number of aromatic amines is 1. The second kappa shape index (κ2) is 9.63. The Kier molecular flexibility index (Phi) is 6.72. The van der Waals surface area contributed by atoms with Crippen LogP contribution in [-0.2, 0) is 4.79 Å². The van der Waals surface area contributed by atoms with Gasteiger partial charge in [-0.05, 0) is 75.9 Å². The van der Waals surface area contributed by atoms with Crippen molar-refractivity contribution in [2.75, 3.05) is 31.6 Å². The van der Waals surface area contributed by atoms with Gasteiger partial charge < -0.3 is 15.0 Å². The second-order valence-corrected chi connectivity index (χ2v) is 8.53. The number of carbonyl (C=O) groups excluding carboxylic acids is 1. The van der Waals surface area contributed by atoms with Gasteiger partial charge in [0.1, 0.15) is 11.6 Å². The van der Waals surface area contributed by atoms with E-state index in [1.807, 2.05) is 24.3 Å². The molecule has 0 atom stereocenters. The number of H-pyrrole nitrogens is 1. The molecule has 1 saturated heterocycles. The second-order valence-electron chi connectivity index (χ2n) is 8.12. The first-order chi connectivity index (χ1) is 14.2. The van der Waals surface area contributed by atoms with E-state index in [0.717, 1.165) is 30.8 Å². The van der Waals surface area contributed by atoms with Crippen LogP contribution in [0.15, 0.2) is 24.3 Å². The van der Waals surface area contributed by atoms with Crippen molar-refractivity contribution in [3.63, 3.8) is 0 Å². The van der Waals surface area contributed by atoms with Crippen LogP contribution in [0.2, 0.25) is 5.02 Å². The molecule has 1 aromatic heterocycles. The number of nitrogens with one attached hydrogen (secondary N) is 2. The number of carbonyl (C=O) groups is 1. The van der Waals surface area contributed by atoms with Crippen LogP contribution in [0.3, 0.4) is 0 Å². The van der Waals surface area contributed by atoms with Crippen LogP contribution in [0, 0.1) is 5.92 Å². The zero-order valence-electron chi connectivity index (χ0n) is 16.8. The number of hydrogen-bond acceptors (Lipinski definition) is 4. The van der Waals surface area contributed by atoms with E-state index in [0.29, 0.717) is 28.9 Å². The molecule has 0 unspecified atom stereocenters. The van der Waals surface area contributed by atoms with Gasteiger partial charge in [-0.2, -0.15) is 5.10 Å². The lowest BCUT2D eigenvalue weighted by atomic mass is 10.1. The predicted molar refractivity (Wildman–Crippen MR) is 115 cm³/mol. The standard InChI is InChI=1S/C22H29ClN4O2/c23-18-13-17(8-9-20(18)29-15-16-6-7-16)19-14-21(26-25-19)24-22(28)5-4-12-27-10-2-1-3-11-27/h8-9,13-14,16H,1-7,10-12,15H2,(H2,24,25,26,28). The number of benzene rings is 1. The van der Waals surface area contributed by atoms with Crippen molar-refractivity contribution < 1.29 is 9.53 Å². The molecule has 1 aromatic carbocycles. The highest BCUT2D eigenvalue weighted by Gasteiger charge is 2.22. The zero-order valence-corrected chi connectivity index (χ0v) is 17.5. The molecule has 0 spiro atoms. The normalized spacial score (nSPS) is 17.3. The summed E-state index contributed by atoms with van der Waals surface area (Å²) in [5.74, 6) is 2.01. The Morgan fingerprint density at radius 3 is 2.83 bits per heavy atom. The summed E-state index contributed by atoms with van der Waals surface area (Å²) >= 11 is 6.36. The number of halogens is 1. The molecule has 2 fully saturated rings. The number of likely N-dealkylation sites (tertiary alicyclic amines) is 1. The molecule has 156 valence electrons. The average Bonchev–Trinajstić information content (AvgIpc) is 3.44. The fourth-order valence-corrected chi connectivity index (χ4v) is 3.90. The van der Waals surface area contributed by atoms with E-state index in [-0.39, 0.29) is 5.91 Å². The first-order valence-corrected chi connectivity index (χ1v) is 11.1. The van der Waals surface area contributed by atoms with Crippen LogP contribution in [0.1, 0.15) is 44.9 Å². The first-order valence-electron chi connectivity index (χ1n) is 10.7. The third-order valence-corrected chi connectivity index (χ3v) is 5.87. The lowest BCUT2D eigenvalue weighted by Gasteiger charge is -2.26. The number of piperidine rings is 1. The quantitative estimate of drug-likeness (QED) is 0.620. The van der Waals surface area contributed by atoms with E-state index < -0.39 is 0 Å². The molecule has 4 rings (SSSR count). The SMILES string of the molecule is O=C(CCCN1CCCCC1)Nc1cc(-c2ccc(OCC3CC3)c(Cl)c2)n[nH]1. The van der Waals surface area contributed by atoms with Crippen LogP contribution < -0.4 is 10.1 Å². The van der Waals surface area contributed by atoms with Crippen molar-refractivity contribution in [2.24, 2.45) is 5.92 Å². The molecule has 6 nitrogen and oxygen atoms in total. The van der Waals surface area contributed by atoms with Gasteiger partial charge >= 0.3 is 0 Å². The Morgan fingerprint density at radius 1 is 1.24 bits per heavy atom. The Hall–Kier alpha value is -2.05. The fraction of sp³-hybridized carbons (Fsp3) is 0.545. The molecular weight excluding hydrogens is 388 g/mol. The van der Waals surface area contributed by atoms with Gasteiger partial charge in [0, 0.05) is 18.1 Å². The number of aromatic nitrogens is 2. The van der Waals surface area contributed by atoms with Gasteiger partial charge in [0.25, 0.3) is 0 Å². The van der Waals surface area contributed by atoms with Crippen molar-refractivity contribution in [1.29, 1.82) is 0 Å². The van der Waals surface area contributed by atoms with E-state index in [2.05, 4.69) is 20.4 Å². The van der Waals surface area contributed by atoms with Crippen molar-refractivity contribution in [1.82, 2.24) is 15.1 Å². The number of ether oxygens (including phenoxy) is 1. The van der Waals surface area contributed by atoms with E-state index >= 15 is 0 Å².